The van der Waals surface area contributed by atoms with Crippen molar-refractivity contribution in [1.29, 1.82) is 0 Å². The lowest BCUT2D eigenvalue weighted by Gasteiger charge is -2.07. The number of ether oxygens (including phenoxy) is 2. The Labute approximate surface area is 173 Å². The van der Waals surface area contributed by atoms with E-state index in [1.54, 1.807) is 19.2 Å². The molecule has 0 spiro atoms. The third-order valence-corrected chi connectivity index (χ3v) is 4.55. The minimum absolute atomic E-state index is 0.0668. The number of pyridine rings is 1. The van der Waals surface area contributed by atoms with Gasteiger partial charge in [-0.3, -0.25) is 10.1 Å². The van der Waals surface area contributed by atoms with Crippen molar-refractivity contribution in [1.82, 2.24) is 9.38 Å². The van der Waals surface area contributed by atoms with Crippen LogP contribution in [0.25, 0.3) is 17.8 Å². The Balaban J connectivity index is 1.57. The Hall–Kier alpha value is -4.13. The summed E-state index contributed by atoms with van der Waals surface area (Å²) in [5.74, 6) is 0.963. The molecule has 0 aliphatic carbocycles. The summed E-state index contributed by atoms with van der Waals surface area (Å²) in [7, 11) is 1.61. The second-order valence-electron chi connectivity index (χ2n) is 6.59. The number of hydrogen-bond donors (Lipinski definition) is 0. The van der Waals surface area contributed by atoms with Gasteiger partial charge in [-0.1, -0.05) is 36.4 Å². The highest BCUT2D eigenvalue weighted by Crippen LogP contribution is 2.29. The number of nitro groups is 1. The van der Waals surface area contributed by atoms with Crippen LogP contribution in [-0.4, -0.2) is 21.4 Å². The summed E-state index contributed by atoms with van der Waals surface area (Å²) >= 11 is 0. The van der Waals surface area contributed by atoms with Crippen molar-refractivity contribution in [2.45, 2.75) is 6.61 Å². The van der Waals surface area contributed by atoms with Gasteiger partial charge >= 0.3 is 5.69 Å². The molecule has 0 amide bonds. The molecule has 2 aromatic heterocycles. The van der Waals surface area contributed by atoms with Crippen LogP contribution >= 0.6 is 0 Å². The smallest absolute Gasteiger partial charge is 0.310 e. The second-order valence-corrected chi connectivity index (χ2v) is 6.59. The quantitative estimate of drug-likeness (QED) is 0.322. The van der Waals surface area contributed by atoms with E-state index in [-0.39, 0.29) is 18.0 Å². The molecule has 0 saturated carbocycles. The lowest BCUT2D eigenvalue weighted by Crippen LogP contribution is -1.99. The number of methoxy groups -OCH3 is 1. The number of fused-ring (bicyclic) bond motifs is 1. The summed E-state index contributed by atoms with van der Waals surface area (Å²) < 4.78 is 12.9. The van der Waals surface area contributed by atoms with Gasteiger partial charge in [0.25, 0.3) is 0 Å². The van der Waals surface area contributed by atoms with Crippen LogP contribution in [-0.2, 0) is 6.61 Å². The molecule has 0 saturated heterocycles. The number of aromatic nitrogens is 2. The first-order valence-electron chi connectivity index (χ1n) is 9.28. The highest BCUT2D eigenvalue weighted by molar-refractivity contribution is 5.71. The molecule has 7 nitrogen and oxygen atoms in total. The fourth-order valence-electron chi connectivity index (χ4n) is 3.01. The standard InChI is InChI=1S/C23H19N3O4/c1-29-20-11-12-25-15-19(24-23(25)14-20)9-7-17-8-10-21(26(27)28)22(13-17)30-16-18-5-3-2-4-6-18/h2-15H,16H2,1H3/b9-7+. The molecule has 0 atom stereocenters. The van der Waals surface area contributed by atoms with Gasteiger partial charge in [-0.25, -0.2) is 4.98 Å². The van der Waals surface area contributed by atoms with Crippen LogP contribution in [0.15, 0.2) is 73.1 Å². The van der Waals surface area contributed by atoms with E-state index in [1.807, 2.05) is 71.4 Å². The van der Waals surface area contributed by atoms with E-state index in [2.05, 4.69) is 4.98 Å². The molecule has 0 aliphatic heterocycles. The van der Waals surface area contributed by atoms with Crippen LogP contribution in [0, 0.1) is 10.1 Å². The van der Waals surface area contributed by atoms with Crippen molar-refractivity contribution < 1.29 is 14.4 Å². The monoisotopic (exact) mass is 401 g/mol. The molecule has 0 N–H and O–H groups in total. The first-order chi connectivity index (χ1) is 14.6. The molecule has 4 rings (SSSR count). The van der Waals surface area contributed by atoms with E-state index in [1.165, 1.54) is 6.07 Å². The molecule has 4 aromatic rings. The van der Waals surface area contributed by atoms with Crippen molar-refractivity contribution in [3.05, 3.63) is 100.0 Å². The topological polar surface area (TPSA) is 78.9 Å². The summed E-state index contributed by atoms with van der Waals surface area (Å²) in [5.41, 5.74) is 3.17. The maximum Gasteiger partial charge on any atom is 0.310 e. The third-order valence-electron chi connectivity index (χ3n) is 4.55. The second kappa shape index (κ2) is 8.48. The maximum absolute atomic E-state index is 11.4. The van der Waals surface area contributed by atoms with E-state index in [0.29, 0.717) is 0 Å². The minimum atomic E-state index is -0.441. The van der Waals surface area contributed by atoms with Gasteiger partial charge in [0.15, 0.2) is 5.75 Å². The molecule has 2 aromatic carbocycles. The normalized spacial score (nSPS) is 11.1. The molecule has 7 heteroatoms. The van der Waals surface area contributed by atoms with Gasteiger partial charge < -0.3 is 13.9 Å². The SMILES string of the molecule is COc1ccn2cc(/C=C/c3ccc([N+](=O)[O-])c(OCc4ccccc4)c3)nc2c1. The minimum Gasteiger partial charge on any atom is -0.497 e. The van der Waals surface area contributed by atoms with E-state index >= 15 is 0 Å². The highest BCUT2D eigenvalue weighted by Gasteiger charge is 2.15. The molecule has 0 aliphatic rings. The molecule has 0 fully saturated rings. The van der Waals surface area contributed by atoms with Crippen LogP contribution in [0.3, 0.4) is 0 Å². The zero-order valence-corrected chi connectivity index (χ0v) is 16.3. The number of imidazole rings is 1. The van der Waals surface area contributed by atoms with Gasteiger partial charge in [-0.05, 0) is 35.4 Å². The first kappa shape index (κ1) is 19.2. The number of rotatable bonds is 7. The molecule has 2 heterocycles. The van der Waals surface area contributed by atoms with Gasteiger partial charge in [0.05, 0.1) is 17.7 Å². The molecule has 30 heavy (non-hydrogen) atoms. The zero-order valence-electron chi connectivity index (χ0n) is 16.3. The largest absolute Gasteiger partial charge is 0.497 e. The van der Waals surface area contributed by atoms with E-state index < -0.39 is 4.92 Å². The van der Waals surface area contributed by atoms with Crippen LogP contribution in [0.5, 0.6) is 11.5 Å². The van der Waals surface area contributed by atoms with Gasteiger partial charge in [0.1, 0.15) is 18.0 Å². The average Bonchev–Trinajstić information content (AvgIpc) is 3.19. The predicted molar refractivity (Wildman–Crippen MR) is 115 cm³/mol. The molecule has 0 unspecified atom stereocenters. The van der Waals surface area contributed by atoms with Crippen LogP contribution < -0.4 is 9.47 Å². The van der Waals surface area contributed by atoms with Crippen molar-refractivity contribution in [2.24, 2.45) is 0 Å². The Morgan fingerprint density at radius 2 is 1.93 bits per heavy atom. The Bertz CT molecular complexity index is 1220. The first-order valence-corrected chi connectivity index (χ1v) is 9.28. The fraction of sp³-hybridized carbons (Fsp3) is 0.0870. The Morgan fingerprint density at radius 3 is 2.70 bits per heavy atom. The summed E-state index contributed by atoms with van der Waals surface area (Å²) in [6, 6.07) is 18.0. The summed E-state index contributed by atoms with van der Waals surface area (Å²) in [5, 5.41) is 11.4. The summed E-state index contributed by atoms with van der Waals surface area (Å²) in [4.78, 5) is 15.5. The number of hydrogen-bond acceptors (Lipinski definition) is 5. The third kappa shape index (κ3) is 4.30. The summed E-state index contributed by atoms with van der Waals surface area (Å²) in [6.45, 7) is 0.253. The van der Waals surface area contributed by atoms with Gasteiger partial charge in [-0.15, -0.1) is 0 Å². The number of nitrogens with zero attached hydrogens (tertiary/aromatic N) is 3. The van der Waals surface area contributed by atoms with E-state index in [9.17, 15) is 10.1 Å². The van der Waals surface area contributed by atoms with Crippen LogP contribution in [0.4, 0.5) is 5.69 Å². The summed E-state index contributed by atoms with van der Waals surface area (Å²) in [6.07, 6.45) is 7.46. The van der Waals surface area contributed by atoms with Crippen molar-refractivity contribution in [3.8, 4) is 11.5 Å². The number of nitro benzene ring substituents is 1. The highest BCUT2D eigenvalue weighted by atomic mass is 16.6. The fourth-order valence-corrected chi connectivity index (χ4v) is 3.01. The Kier molecular flexibility index (Phi) is 5.43. The lowest BCUT2D eigenvalue weighted by molar-refractivity contribution is -0.385. The molecular formula is C23H19N3O4. The van der Waals surface area contributed by atoms with Gasteiger partial charge in [0, 0.05) is 24.5 Å². The average molecular weight is 401 g/mol. The Morgan fingerprint density at radius 1 is 1.10 bits per heavy atom. The lowest BCUT2D eigenvalue weighted by atomic mass is 10.1. The zero-order chi connectivity index (χ0) is 20.9. The van der Waals surface area contributed by atoms with Crippen molar-refractivity contribution in [3.63, 3.8) is 0 Å². The van der Waals surface area contributed by atoms with Crippen LogP contribution in [0.2, 0.25) is 0 Å². The predicted octanol–water partition coefficient (Wildman–Crippen LogP) is 5.00. The molecule has 150 valence electrons. The van der Waals surface area contributed by atoms with Crippen molar-refractivity contribution in [2.75, 3.05) is 7.11 Å². The molecule has 0 radical (unpaired) electrons. The van der Waals surface area contributed by atoms with Gasteiger partial charge in [-0.2, -0.15) is 0 Å². The van der Waals surface area contributed by atoms with Crippen molar-refractivity contribution >= 4 is 23.5 Å². The van der Waals surface area contributed by atoms with E-state index in [4.69, 9.17) is 9.47 Å². The van der Waals surface area contributed by atoms with Crippen LogP contribution in [0.1, 0.15) is 16.8 Å². The molecule has 0 bridgehead atoms. The van der Waals surface area contributed by atoms with E-state index in [0.717, 1.165) is 28.2 Å². The number of benzene rings is 2. The maximum atomic E-state index is 11.4. The molecular weight excluding hydrogens is 382 g/mol. The van der Waals surface area contributed by atoms with Gasteiger partial charge in [0.2, 0.25) is 0 Å².